The number of hydrogen-bond acceptors (Lipinski definition) is 7. The third-order valence-corrected chi connectivity index (χ3v) is 10.9. The molecule has 1 heterocycles. The van der Waals surface area contributed by atoms with Crippen molar-refractivity contribution in [2.75, 3.05) is 6.61 Å². The number of rotatable bonds is 2. The summed E-state index contributed by atoms with van der Waals surface area (Å²) < 4.78 is 37.5. The van der Waals surface area contributed by atoms with E-state index in [1.165, 1.54) is 19.1 Å². The zero-order valence-corrected chi connectivity index (χ0v) is 20.2. The van der Waals surface area contributed by atoms with E-state index >= 15 is 8.78 Å². The van der Waals surface area contributed by atoms with Crippen LogP contribution in [-0.2, 0) is 19.1 Å². The summed E-state index contributed by atoms with van der Waals surface area (Å²) in [4.78, 5) is 37.3. The quantitative estimate of drug-likeness (QED) is 0.567. The average Bonchev–Trinajstić information content (AvgIpc) is 3.26. The molecule has 1 unspecified atom stereocenters. The van der Waals surface area contributed by atoms with Gasteiger partial charge in [-0.25, -0.2) is 8.78 Å². The van der Waals surface area contributed by atoms with Crippen molar-refractivity contribution in [2.24, 2.45) is 28.6 Å². The number of aliphatic hydroxyl groups excluding tert-OH is 1. The number of thioether (sulfide) groups is 1. The van der Waals surface area contributed by atoms with Gasteiger partial charge in [0.25, 0.3) is 0 Å². The van der Waals surface area contributed by atoms with Gasteiger partial charge in [0.1, 0.15) is 17.0 Å². The van der Waals surface area contributed by atoms with Gasteiger partial charge in [-0.15, -0.1) is 0 Å². The molecule has 0 spiro atoms. The first-order valence-corrected chi connectivity index (χ1v) is 12.7. The molecule has 3 saturated carbocycles. The van der Waals surface area contributed by atoms with Crippen molar-refractivity contribution in [3.05, 3.63) is 23.8 Å². The fraction of sp³-hybridized carbons (Fsp3) is 0.720. The molecule has 1 aliphatic heterocycles. The minimum atomic E-state index is -2.26. The van der Waals surface area contributed by atoms with E-state index in [0.29, 0.717) is 6.42 Å². The summed E-state index contributed by atoms with van der Waals surface area (Å²) in [5, 5.41) is 21.9. The zero-order valence-electron chi connectivity index (χ0n) is 19.4. The average molecular weight is 497 g/mol. The minimum absolute atomic E-state index is 0.0362. The van der Waals surface area contributed by atoms with Gasteiger partial charge in [-0.05, 0) is 55.7 Å². The second-order valence-electron chi connectivity index (χ2n) is 11.1. The van der Waals surface area contributed by atoms with Crippen molar-refractivity contribution in [3.8, 4) is 0 Å². The predicted molar refractivity (Wildman–Crippen MR) is 120 cm³/mol. The summed E-state index contributed by atoms with van der Waals surface area (Å²) in [5.41, 5.74) is -6.88. The number of carbonyl (C=O) groups is 3. The van der Waals surface area contributed by atoms with E-state index in [1.807, 2.05) is 0 Å². The van der Waals surface area contributed by atoms with Crippen molar-refractivity contribution in [2.45, 2.75) is 75.2 Å². The molecule has 10 atom stereocenters. The smallest absolute Gasteiger partial charge is 0.319 e. The molecule has 4 aliphatic carbocycles. The van der Waals surface area contributed by atoms with Crippen molar-refractivity contribution in [1.29, 1.82) is 0 Å². The van der Waals surface area contributed by atoms with Crippen LogP contribution in [0.1, 0.15) is 46.5 Å². The maximum Gasteiger partial charge on any atom is 0.319 e. The Balaban J connectivity index is 1.55. The molecule has 1 saturated heterocycles. The summed E-state index contributed by atoms with van der Waals surface area (Å²) in [6, 6.07) is 0. The van der Waals surface area contributed by atoms with Gasteiger partial charge in [0.15, 0.2) is 11.5 Å². The van der Waals surface area contributed by atoms with Crippen LogP contribution in [0.5, 0.6) is 0 Å². The normalized spacial score (nSPS) is 51.9. The Morgan fingerprint density at radius 2 is 1.94 bits per heavy atom. The summed E-state index contributed by atoms with van der Waals surface area (Å²) >= 11 is 0.747. The number of alkyl halides is 2. The first-order valence-electron chi connectivity index (χ1n) is 11.9. The molecule has 0 amide bonds. The highest BCUT2D eigenvalue weighted by Gasteiger charge is 2.76. The molecule has 0 aromatic carbocycles. The van der Waals surface area contributed by atoms with E-state index in [2.05, 4.69) is 0 Å². The molecule has 0 bridgehead atoms. The highest BCUT2D eigenvalue weighted by Crippen LogP contribution is 2.71. The maximum atomic E-state index is 17.1. The fourth-order valence-electron chi connectivity index (χ4n) is 7.78. The largest absolute Gasteiger partial charge is 0.465 e. The van der Waals surface area contributed by atoms with E-state index < -0.39 is 74.2 Å². The molecular formula is C25H30F2O6S. The summed E-state index contributed by atoms with van der Waals surface area (Å²) in [6.45, 7) is 5.12. The van der Waals surface area contributed by atoms with Gasteiger partial charge in [0.2, 0.25) is 5.12 Å². The number of ether oxygens (including phenoxy) is 1. The second-order valence-corrected chi connectivity index (χ2v) is 12.3. The lowest BCUT2D eigenvalue weighted by molar-refractivity contribution is -0.221. The predicted octanol–water partition coefficient (Wildman–Crippen LogP) is 2.86. The number of allylic oxidation sites excluding steroid dienone is 4. The van der Waals surface area contributed by atoms with Crippen molar-refractivity contribution < 1.29 is 38.1 Å². The third kappa shape index (κ3) is 2.77. The van der Waals surface area contributed by atoms with Gasteiger partial charge in [-0.3, -0.25) is 14.4 Å². The SMILES string of the molecule is C[C@@H]1C[C@H]2[C@@H]3C[C@H](F)C4=CC(=O)C=C[C@@]4(C)[C@]3(F)[C@@H](O)C[C@@]2(C)[C@@]1(O)C(=O)SC1CCOC1=O. The van der Waals surface area contributed by atoms with Gasteiger partial charge in [0, 0.05) is 23.2 Å². The molecule has 0 radical (unpaired) electrons. The fourth-order valence-corrected chi connectivity index (χ4v) is 9.03. The van der Waals surface area contributed by atoms with Gasteiger partial charge in [-0.2, -0.15) is 0 Å². The number of hydrogen-bond donors (Lipinski definition) is 2. The molecule has 6 nitrogen and oxygen atoms in total. The lowest BCUT2D eigenvalue weighted by Gasteiger charge is -2.63. The molecule has 5 aliphatic rings. The Morgan fingerprint density at radius 1 is 1.24 bits per heavy atom. The van der Waals surface area contributed by atoms with Crippen LogP contribution in [0, 0.1) is 28.6 Å². The van der Waals surface area contributed by atoms with Crippen LogP contribution in [0.3, 0.4) is 0 Å². The molecule has 0 aromatic rings. The van der Waals surface area contributed by atoms with E-state index in [4.69, 9.17) is 4.74 Å². The van der Waals surface area contributed by atoms with Gasteiger partial charge < -0.3 is 14.9 Å². The molecule has 4 fully saturated rings. The van der Waals surface area contributed by atoms with Gasteiger partial charge >= 0.3 is 5.97 Å². The maximum absolute atomic E-state index is 17.1. The Hall–Kier alpha value is -1.58. The highest BCUT2D eigenvalue weighted by atomic mass is 32.2. The van der Waals surface area contributed by atoms with Crippen molar-refractivity contribution in [3.63, 3.8) is 0 Å². The molecule has 34 heavy (non-hydrogen) atoms. The van der Waals surface area contributed by atoms with E-state index in [0.717, 1.165) is 17.8 Å². The highest BCUT2D eigenvalue weighted by molar-refractivity contribution is 8.14. The minimum Gasteiger partial charge on any atom is -0.465 e. The molecular weight excluding hydrogens is 466 g/mol. The lowest BCUT2D eigenvalue weighted by Crippen LogP contribution is -2.70. The standard InChI is InChI=1S/C25H30F2O6S/c1-12-8-14-15-10-17(26)16-9-13(28)4-6-22(16,2)24(15,27)19(29)11-23(14,3)25(12,32)21(31)34-18-5-7-33-20(18)30/h4,6,9,12,14-15,17-19,29,32H,5,7-8,10-11H2,1-3H3/t12-,14+,15+,17+,18?,19+,22-,23-,24-,25+/m1/s1. The first kappa shape index (κ1) is 24.1. The second kappa shape index (κ2) is 7.46. The van der Waals surface area contributed by atoms with Crippen LogP contribution in [0.25, 0.3) is 0 Å². The third-order valence-electron chi connectivity index (χ3n) is 9.66. The number of aliphatic hydroxyl groups is 2. The van der Waals surface area contributed by atoms with E-state index in [-0.39, 0.29) is 31.4 Å². The van der Waals surface area contributed by atoms with Crippen LogP contribution >= 0.6 is 11.8 Å². The number of halogens is 2. The summed E-state index contributed by atoms with van der Waals surface area (Å²) in [5.74, 6) is -3.05. The number of fused-ring (bicyclic) bond motifs is 5. The zero-order chi connectivity index (χ0) is 24.8. The summed E-state index contributed by atoms with van der Waals surface area (Å²) in [6.07, 6.45) is 0.749. The molecule has 186 valence electrons. The number of ketones is 1. The van der Waals surface area contributed by atoms with Crippen LogP contribution in [0.2, 0.25) is 0 Å². The molecule has 2 N–H and O–H groups in total. The number of cyclic esters (lactones) is 1. The summed E-state index contributed by atoms with van der Waals surface area (Å²) in [7, 11) is 0. The van der Waals surface area contributed by atoms with Crippen molar-refractivity contribution >= 4 is 28.6 Å². The van der Waals surface area contributed by atoms with Crippen LogP contribution in [0.4, 0.5) is 8.78 Å². The number of carbonyl (C=O) groups excluding carboxylic acids is 3. The lowest BCUT2D eigenvalue weighted by atomic mass is 9.44. The number of esters is 1. The van der Waals surface area contributed by atoms with E-state index in [1.54, 1.807) is 13.8 Å². The Labute approximate surface area is 201 Å². The van der Waals surface area contributed by atoms with Crippen LogP contribution < -0.4 is 0 Å². The molecule has 0 aromatic heterocycles. The van der Waals surface area contributed by atoms with Crippen LogP contribution in [0.15, 0.2) is 23.8 Å². The topological polar surface area (TPSA) is 101 Å². The first-order chi connectivity index (χ1) is 15.8. The molecule has 5 rings (SSSR count). The Morgan fingerprint density at radius 3 is 2.59 bits per heavy atom. The Kier molecular flexibility index (Phi) is 5.30. The monoisotopic (exact) mass is 496 g/mol. The van der Waals surface area contributed by atoms with Gasteiger partial charge in [-0.1, -0.05) is 31.7 Å². The van der Waals surface area contributed by atoms with Crippen molar-refractivity contribution in [1.82, 2.24) is 0 Å². The van der Waals surface area contributed by atoms with E-state index in [9.17, 15) is 24.6 Å². The Bertz CT molecular complexity index is 1030. The molecule has 9 heteroatoms. The van der Waals surface area contributed by atoms with Gasteiger partial charge in [0.05, 0.1) is 12.7 Å². The van der Waals surface area contributed by atoms with Crippen LogP contribution in [-0.4, -0.2) is 62.5 Å².